The van der Waals surface area contributed by atoms with E-state index in [4.69, 9.17) is 4.74 Å². The third kappa shape index (κ3) is 4.65. The number of ether oxygens (including phenoxy) is 1. The summed E-state index contributed by atoms with van der Waals surface area (Å²) in [5.74, 6) is -0.489. The Kier molecular flexibility index (Phi) is 6.17. The van der Waals surface area contributed by atoms with Gasteiger partial charge < -0.3 is 4.74 Å². The molecule has 20 heavy (non-hydrogen) atoms. The fourth-order valence-electron chi connectivity index (χ4n) is 1.31. The van der Waals surface area contributed by atoms with Crippen LogP contribution in [0, 0.1) is 16.0 Å². The largest absolute Gasteiger partial charge is 0.461 e. The molecule has 1 aromatic rings. The molecule has 108 valence electrons. The van der Waals surface area contributed by atoms with Crippen molar-refractivity contribution in [2.45, 2.75) is 25.7 Å². The Labute approximate surface area is 121 Å². The van der Waals surface area contributed by atoms with Crippen LogP contribution < -0.4 is 0 Å². The monoisotopic (exact) mass is 296 g/mol. The third-order valence-corrected chi connectivity index (χ3v) is 3.10. The number of nitrogens with zero attached hydrogens (tertiary/aromatic N) is 2. The van der Waals surface area contributed by atoms with Crippen molar-refractivity contribution in [3.05, 3.63) is 34.4 Å². The van der Waals surface area contributed by atoms with E-state index in [2.05, 4.69) is 4.40 Å². The van der Waals surface area contributed by atoms with Crippen LogP contribution >= 0.6 is 11.9 Å². The van der Waals surface area contributed by atoms with E-state index < -0.39 is 10.9 Å². The fourth-order valence-corrected chi connectivity index (χ4v) is 2.06. The Morgan fingerprint density at radius 2 is 2.00 bits per heavy atom. The zero-order valence-electron chi connectivity index (χ0n) is 11.5. The highest BCUT2D eigenvalue weighted by molar-refractivity contribution is 7.98. The van der Waals surface area contributed by atoms with Gasteiger partial charge in [0, 0.05) is 34.9 Å². The van der Waals surface area contributed by atoms with Gasteiger partial charge in [-0.2, -0.15) is 0 Å². The first kappa shape index (κ1) is 16.2. The van der Waals surface area contributed by atoms with Crippen molar-refractivity contribution >= 4 is 29.3 Å². The quantitative estimate of drug-likeness (QED) is 0.264. The number of esters is 1. The Balaban J connectivity index is 2.81. The number of rotatable bonds is 6. The fraction of sp³-hybridized carbons (Fsp3) is 0.385. The number of carbonyl (C=O) groups is 1. The Hall–Kier alpha value is -1.89. The summed E-state index contributed by atoms with van der Waals surface area (Å²) in [6.07, 6.45) is 0. The van der Waals surface area contributed by atoms with Crippen molar-refractivity contribution in [3.8, 4) is 0 Å². The molecular formula is C13H16N2O4S. The van der Waals surface area contributed by atoms with Crippen molar-refractivity contribution in [1.82, 2.24) is 0 Å². The topological polar surface area (TPSA) is 81.8 Å². The summed E-state index contributed by atoms with van der Waals surface area (Å²) in [6, 6.07) is 5.99. The normalized spacial score (nSPS) is 11.5. The van der Waals surface area contributed by atoms with Crippen LogP contribution in [-0.4, -0.2) is 23.2 Å². The second-order valence-electron chi connectivity index (χ2n) is 4.19. The smallest absolute Gasteiger partial charge is 0.353 e. The average molecular weight is 296 g/mol. The van der Waals surface area contributed by atoms with E-state index in [-0.39, 0.29) is 11.6 Å². The van der Waals surface area contributed by atoms with E-state index in [9.17, 15) is 14.9 Å². The zero-order chi connectivity index (χ0) is 15.1. The molecule has 0 fully saturated rings. The van der Waals surface area contributed by atoms with Crippen LogP contribution in [0.15, 0.2) is 33.6 Å². The molecular weight excluding hydrogens is 280 g/mol. The van der Waals surface area contributed by atoms with Gasteiger partial charge in [-0.05, 0) is 19.1 Å². The number of non-ortho nitro benzene ring substituents is 1. The molecule has 0 bridgehead atoms. The van der Waals surface area contributed by atoms with E-state index >= 15 is 0 Å². The standard InChI is InChI=1S/C13H16N2O4S/c1-4-19-13(16)12(9(2)3)14-20-11-7-5-10(6-8-11)15(17)18/h5-9H,4H2,1-3H3/b14-12+. The Morgan fingerprint density at radius 3 is 2.45 bits per heavy atom. The molecule has 0 amide bonds. The van der Waals surface area contributed by atoms with Gasteiger partial charge in [0.1, 0.15) is 5.71 Å². The summed E-state index contributed by atoms with van der Waals surface area (Å²) in [5, 5.41) is 10.5. The van der Waals surface area contributed by atoms with Gasteiger partial charge in [-0.3, -0.25) is 10.1 Å². The second-order valence-corrected chi connectivity index (χ2v) is 5.03. The molecule has 0 aliphatic rings. The maximum Gasteiger partial charge on any atom is 0.353 e. The molecule has 0 aliphatic carbocycles. The molecule has 0 saturated heterocycles. The minimum atomic E-state index is -0.462. The predicted molar refractivity (Wildman–Crippen MR) is 77.9 cm³/mol. The van der Waals surface area contributed by atoms with Crippen molar-refractivity contribution in [2.75, 3.05) is 6.61 Å². The SMILES string of the molecule is CCOC(=O)/C(=N/Sc1ccc([N+](=O)[O-])cc1)C(C)C. The molecule has 7 heteroatoms. The summed E-state index contributed by atoms with van der Waals surface area (Å²) in [7, 11) is 0. The summed E-state index contributed by atoms with van der Waals surface area (Å²) in [4.78, 5) is 22.5. The van der Waals surface area contributed by atoms with E-state index in [0.717, 1.165) is 16.8 Å². The van der Waals surface area contributed by atoms with Crippen LogP contribution in [-0.2, 0) is 9.53 Å². The molecule has 0 spiro atoms. The van der Waals surface area contributed by atoms with Crippen molar-refractivity contribution in [2.24, 2.45) is 10.3 Å². The summed E-state index contributed by atoms with van der Waals surface area (Å²) in [6.45, 7) is 5.74. The molecule has 0 heterocycles. The predicted octanol–water partition coefficient (Wildman–Crippen LogP) is 3.26. The van der Waals surface area contributed by atoms with Crippen LogP contribution in [0.1, 0.15) is 20.8 Å². The van der Waals surface area contributed by atoms with Gasteiger partial charge in [0.05, 0.1) is 11.5 Å². The zero-order valence-corrected chi connectivity index (χ0v) is 12.3. The van der Waals surface area contributed by atoms with Crippen LogP contribution in [0.5, 0.6) is 0 Å². The molecule has 0 atom stereocenters. The van der Waals surface area contributed by atoms with E-state index in [1.165, 1.54) is 12.1 Å². The molecule has 6 nitrogen and oxygen atoms in total. The summed E-state index contributed by atoms with van der Waals surface area (Å²) >= 11 is 1.10. The average Bonchev–Trinajstić information content (AvgIpc) is 2.39. The van der Waals surface area contributed by atoms with E-state index in [1.807, 2.05) is 13.8 Å². The highest BCUT2D eigenvalue weighted by Gasteiger charge is 2.17. The highest BCUT2D eigenvalue weighted by Crippen LogP contribution is 2.23. The van der Waals surface area contributed by atoms with Crippen LogP contribution in [0.3, 0.4) is 0 Å². The molecule has 0 radical (unpaired) electrons. The van der Waals surface area contributed by atoms with Gasteiger partial charge in [-0.15, -0.1) is 0 Å². The molecule has 1 rings (SSSR count). The van der Waals surface area contributed by atoms with Crippen molar-refractivity contribution < 1.29 is 14.5 Å². The van der Waals surface area contributed by atoms with E-state index in [0.29, 0.717) is 12.3 Å². The van der Waals surface area contributed by atoms with Crippen molar-refractivity contribution in [3.63, 3.8) is 0 Å². The summed E-state index contributed by atoms with van der Waals surface area (Å²) in [5.41, 5.74) is 0.364. The number of hydrogen-bond donors (Lipinski definition) is 0. The first-order valence-corrected chi connectivity index (χ1v) is 6.89. The third-order valence-electron chi connectivity index (χ3n) is 2.33. The van der Waals surface area contributed by atoms with Crippen molar-refractivity contribution in [1.29, 1.82) is 0 Å². The van der Waals surface area contributed by atoms with Gasteiger partial charge in [0.2, 0.25) is 0 Å². The minimum absolute atomic E-state index is 0.0211. The lowest BCUT2D eigenvalue weighted by molar-refractivity contribution is -0.384. The van der Waals surface area contributed by atoms with Gasteiger partial charge in [0.15, 0.2) is 0 Å². The maximum atomic E-state index is 11.7. The molecule has 0 aliphatic heterocycles. The second kappa shape index (κ2) is 7.64. The summed E-state index contributed by atoms with van der Waals surface area (Å²) < 4.78 is 9.11. The van der Waals surface area contributed by atoms with Crippen LogP contribution in [0.2, 0.25) is 0 Å². The van der Waals surface area contributed by atoms with Crippen LogP contribution in [0.4, 0.5) is 5.69 Å². The number of benzene rings is 1. The molecule has 1 aromatic carbocycles. The Bertz CT molecular complexity index is 512. The first-order valence-electron chi connectivity index (χ1n) is 6.12. The lowest BCUT2D eigenvalue weighted by Gasteiger charge is -2.08. The number of nitro groups is 1. The first-order chi connectivity index (χ1) is 9.45. The molecule has 0 unspecified atom stereocenters. The van der Waals surface area contributed by atoms with Gasteiger partial charge >= 0.3 is 5.97 Å². The Morgan fingerprint density at radius 1 is 1.40 bits per heavy atom. The molecule has 0 saturated carbocycles. The maximum absolute atomic E-state index is 11.7. The van der Waals surface area contributed by atoms with Gasteiger partial charge in [-0.1, -0.05) is 13.8 Å². The molecule has 0 N–H and O–H groups in total. The lowest BCUT2D eigenvalue weighted by atomic mass is 10.1. The molecule has 0 aromatic heterocycles. The number of hydrogen-bond acceptors (Lipinski definition) is 6. The minimum Gasteiger partial charge on any atom is -0.461 e. The van der Waals surface area contributed by atoms with Gasteiger partial charge in [0.25, 0.3) is 5.69 Å². The highest BCUT2D eigenvalue weighted by atomic mass is 32.2. The van der Waals surface area contributed by atoms with Crippen LogP contribution in [0.25, 0.3) is 0 Å². The van der Waals surface area contributed by atoms with E-state index in [1.54, 1.807) is 19.1 Å². The number of carbonyl (C=O) groups excluding carboxylic acids is 1. The lowest BCUT2D eigenvalue weighted by Crippen LogP contribution is -2.22. The number of nitro benzene ring substituents is 1. The van der Waals surface area contributed by atoms with Gasteiger partial charge in [-0.25, -0.2) is 9.19 Å².